The van der Waals surface area contributed by atoms with Crippen LogP contribution in [0.2, 0.25) is 0 Å². The molecule has 0 saturated carbocycles. The Labute approximate surface area is 178 Å². The minimum atomic E-state index is -3.60. The summed E-state index contributed by atoms with van der Waals surface area (Å²) in [5.41, 5.74) is 2.33. The van der Waals surface area contributed by atoms with E-state index in [9.17, 15) is 13.2 Å². The molecule has 3 aromatic rings. The van der Waals surface area contributed by atoms with Crippen molar-refractivity contribution in [2.75, 3.05) is 17.1 Å². The van der Waals surface area contributed by atoms with Crippen LogP contribution in [0, 0.1) is 6.92 Å². The molecule has 0 saturated heterocycles. The van der Waals surface area contributed by atoms with Gasteiger partial charge in [0.1, 0.15) is 12.4 Å². The van der Waals surface area contributed by atoms with Crippen LogP contribution in [0.3, 0.4) is 0 Å². The second-order valence-electron chi connectivity index (χ2n) is 6.53. The quantitative estimate of drug-likeness (QED) is 0.567. The molecule has 0 unspecified atom stereocenters. The lowest BCUT2D eigenvalue weighted by Crippen LogP contribution is -2.40. The van der Waals surface area contributed by atoms with E-state index in [4.69, 9.17) is 0 Å². The lowest BCUT2D eigenvalue weighted by Gasteiger charge is -2.22. The van der Waals surface area contributed by atoms with Gasteiger partial charge < -0.3 is 9.88 Å². The Morgan fingerprint density at radius 1 is 1.14 bits per heavy atom. The van der Waals surface area contributed by atoms with Gasteiger partial charge in [-0.3, -0.25) is 9.10 Å². The number of anilines is 1. The molecule has 7 nitrogen and oxygen atoms in total. The summed E-state index contributed by atoms with van der Waals surface area (Å²) < 4.78 is 28.1. The van der Waals surface area contributed by atoms with E-state index in [1.165, 1.54) is 0 Å². The number of hydrogen-bond donors (Lipinski definition) is 1. The predicted octanol–water partition coefficient (Wildman–Crippen LogP) is 3.03. The van der Waals surface area contributed by atoms with Gasteiger partial charge in [-0.2, -0.15) is 0 Å². The fraction of sp³-hybridized carbons (Fsp3) is 0.200. The van der Waals surface area contributed by atoms with E-state index in [2.05, 4.69) is 26.2 Å². The van der Waals surface area contributed by atoms with Gasteiger partial charge >= 0.3 is 0 Å². The highest BCUT2D eigenvalue weighted by molar-refractivity contribution is 9.10. The summed E-state index contributed by atoms with van der Waals surface area (Å²) in [6.07, 6.45) is 4.70. The second-order valence-corrected chi connectivity index (χ2v) is 9.36. The van der Waals surface area contributed by atoms with Gasteiger partial charge in [-0.15, -0.1) is 0 Å². The average Bonchev–Trinajstić information content (AvgIpc) is 3.11. The molecule has 152 valence electrons. The van der Waals surface area contributed by atoms with Crippen molar-refractivity contribution in [3.05, 3.63) is 76.8 Å². The lowest BCUT2D eigenvalue weighted by molar-refractivity contribution is -0.119. The molecular weight excluding hydrogens is 456 g/mol. The van der Waals surface area contributed by atoms with Crippen LogP contribution >= 0.6 is 15.9 Å². The summed E-state index contributed by atoms with van der Waals surface area (Å²) in [5.74, 6) is 0.507. The summed E-state index contributed by atoms with van der Waals surface area (Å²) in [6, 6.07) is 14.5. The lowest BCUT2D eigenvalue weighted by atomic mass is 10.2. The van der Waals surface area contributed by atoms with Crippen molar-refractivity contribution >= 4 is 37.5 Å². The predicted molar refractivity (Wildman–Crippen MR) is 116 cm³/mol. The van der Waals surface area contributed by atoms with Crippen molar-refractivity contribution in [1.29, 1.82) is 0 Å². The van der Waals surface area contributed by atoms with E-state index >= 15 is 0 Å². The van der Waals surface area contributed by atoms with Crippen molar-refractivity contribution in [3.63, 3.8) is 0 Å². The van der Waals surface area contributed by atoms with Gasteiger partial charge in [0.2, 0.25) is 15.9 Å². The Hall–Kier alpha value is -2.65. The molecule has 0 atom stereocenters. The van der Waals surface area contributed by atoms with Gasteiger partial charge in [0.05, 0.1) is 11.9 Å². The number of carbonyl (C=O) groups excluding carboxylic acids is 1. The zero-order valence-corrected chi connectivity index (χ0v) is 18.4. The SMILES string of the molecule is Cc1nccn1-c1ccc(CNC(=O)CN(c2ccc(Br)cc2)S(C)(=O)=O)cc1. The first-order valence-electron chi connectivity index (χ1n) is 8.83. The summed E-state index contributed by atoms with van der Waals surface area (Å²) in [6.45, 7) is 1.94. The Morgan fingerprint density at radius 2 is 1.79 bits per heavy atom. The Kier molecular flexibility index (Phi) is 6.39. The first kappa shape index (κ1) is 21.1. The minimum Gasteiger partial charge on any atom is -0.350 e. The van der Waals surface area contributed by atoms with E-state index < -0.39 is 10.0 Å². The number of nitrogens with zero attached hydrogens (tertiary/aromatic N) is 3. The highest BCUT2D eigenvalue weighted by atomic mass is 79.9. The minimum absolute atomic E-state index is 0.285. The molecule has 3 rings (SSSR count). The molecule has 0 fully saturated rings. The fourth-order valence-electron chi connectivity index (χ4n) is 2.82. The van der Waals surface area contributed by atoms with Gasteiger partial charge in [-0.05, 0) is 48.9 Å². The van der Waals surface area contributed by atoms with Gasteiger partial charge in [-0.25, -0.2) is 13.4 Å². The number of rotatable bonds is 7. The maximum Gasteiger partial charge on any atom is 0.241 e. The van der Waals surface area contributed by atoms with Crippen LogP contribution in [0.1, 0.15) is 11.4 Å². The van der Waals surface area contributed by atoms with Crippen LogP contribution in [0.5, 0.6) is 0 Å². The van der Waals surface area contributed by atoms with Crippen LogP contribution in [-0.4, -0.2) is 36.7 Å². The van der Waals surface area contributed by atoms with Gasteiger partial charge in [-0.1, -0.05) is 28.1 Å². The fourth-order valence-corrected chi connectivity index (χ4v) is 3.94. The molecule has 0 bridgehead atoms. The molecule has 0 radical (unpaired) electrons. The molecule has 0 aliphatic carbocycles. The molecule has 1 N–H and O–H groups in total. The third-order valence-electron chi connectivity index (χ3n) is 4.33. The number of hydrogen-bond acceptors (Lipinski definition) is 4. The van der Waals surface area contributed by atoms with Crippen LogP contribution in [0.25, 0.3) is 5.69 Å². The Morgan fingerprint density at radius 3 is 2.34 bits per heavy atom. The average molecular weight is 477 g/mol. The normalized spacial score (nSPS) is 11.3. The number of carbonyl (C=O) groups is 1. The van der Waals surface area contributed by atoms with Crippen molar-refractivity contribution in [3.8, 4) is 5.69 Å². The molecule has 1 heterocycles. The largest absolute Gasteiger partial charge is 0.350 e. The molecule has 2 aromatic carbocycles. The number of sulfonamides is 1. The highest BCUT2D eigenvalue weighted by Gasteiger charge is 2.20. The summed E-state index contributed by atoms with van der Waals surface area (Å²) in [5, 5.41) is 2.77. The smallest absolute Gasteiger partial charge is 0.241 e. The summed E-state index contributed by atoms with van der Waals surface area (Å²) in [4.78, 5) is 16.6. The maximum absolute atomic E-state index is 12.4. The maximum atomic E-state index is 12.4. The van der Waals surface area contributed by atoms with Crippen LogP contribution < -0.4 is 9.62 Å². The van der Waals surface area contributed by atoms with Crippen molar-refractivity contribution in [1.82, 2.24) is 14.9 Å². The number of aryl methyl sites for hydroxylation is 1. The zero-order chi connectivity index (χ0) is 21.0. The first-order chi connectivity index (χ1) is 13.7. The molecular formula is C20H21BrN4O3S. The Balaban J connectivity index is 1.63. The van der Waals surface area contributed by atoms with Crippen molar-refractivity contribution < 1.29 is 13.2 Å². The van der Waals surface area contributed by atoms with Crippen LogP contribution in [-0.2, 0) is 21.4 Å². The van der Waals surface area contributed by atoms with Crippen molar-refractivity contribution in [2.45, 2.75) is 13.5 Å². The van der Waals surface area contributed by atoms with E-state index in [1.54, 1.807) is 30.5 Å². The van der Waals surface area contributed by atoms with E-state index in [0.29, 0.717) is 12.2 Å². The standard InChI is InChI=1S/C20H21BrN4O3S/c1-15-22-11-12-24(15)18-7-3-16(4-8-18)13-23-20(26)14-25(29(2,27)28)19-9-5-17(21)6-10-19/h3-12H,13-14H2,1-2H3,(H,23,26). The highest BCUT2D eigenvalue weighted by Crippen LogP contribution is 2.20. The van der Waals surface area contributed by atoms with Crippen LogP contribution in [0.4, 0.5) is 5.69 Å². The zero-order valence-electron chi connectivity index (χ0n) is 16.0. The number of imidazole rings is 1. The van der Waals surface area contributed by atoms with E-state index in [1.807, 2.05) is 42.0 Å². The van der Waals surface area contributed by atoms with E-state index in [-0.39, 0.29) is 12.5 Å². The third-order valence-corrected chi connectivity index (χ3v) is 6.00. The topological polar surface area (TPSA) is 84.3 Å². The van der Waals surface area contributed by atoms with Crippen molar-refractivity contribution in [2.24, 2.45) is 0 Å². The number of benzene rings is 2. The molecule has 29 heavy (non-hydrogen) atoms. The molecule has 9 heteroatoms. The number of nitrogens with one attached hydrogen (secondary N) is 1. The Bertz CT molecular complexity index is 1090. The summed E-state index contributed by atoms with van der Waals surface area (Å²) >= 11 is 3.32. The van der Waals surface area contributed by atoms with Gasteiger partial charge in [0.15, 0.2) is 0 Å². The molecule has 1 aromatic heterocycles. The molecule has 1 amide bonds. The first-order valence-corrected chi connectivity index (χ1v) is 11.5. The van der Waals surface area contributed by atoms with Gasteiger partial charge in [0, 0.05) is 29.1 Å². The monoisotopic (exact) mass is 476 g/mol. The number of amides is 1. The van der Waals surface area contributed by atoms with Gasteiger partial charge in [0.25, 0.3) is 0 Å². The molecule has 0 aliphatic rings. The molecule has 0 spiro atoms. The summed E-state index contributed by atoms with van der Waals surface area (Å²) in [7, 11) is -3.60. The van der Waals surface area contributed by atoms with Crippen LogP contribution in [0.15, 0.2) is 65.4 Å². The molecule has 0 aliphatic heterocycles. The van der Waals surface area contributed by atoms with E-state index in [0.717, 1.165) is 32.1 Å². The second kappa shape index (κ2) is 8.79. The third kappa shape index (κ3) is 5.45. The number of aromatic nitrogens is 2. The number of halogens is 1.